The zero-order chi connectivity index (χ0) is 15.6. The standard InChI is InChI=1S/C16H26O3Si/c1-12(2)15(17)18-13-9-8-10-14(11-13)19-20(6,7)16(3,4)5/h8-12H,1-7H3. The lowest BCUT2D eigenvalue weighted by molar-refractivity contribution is -0.137. The van der Waals surface area contributed by atoms with Crippen molar-refractivity contribution >= 4 is 14.3 Å². The highest BCUT2D eigenvalue weighted by molar-refractivity contribution is 6.74. The van der Waals surface area contributed by atoms with Crippen molar-refractivity contribution in [1.82, 2.24) is 0 Å². The van der Waals surface area contributed by atoms with Crippen LogP contribution in [0.1, 0.15) is 34.6 Å². The van der Waals surface area contributed by atoms with E-state index >= 15 is 0 Å². The van der Waals surface area contributed by atoms with Gasteiger partial charge in [0.05, 0.1) is 5.92 Å². The van der Waals surface area contributed by atoms with Crippen molar-refractivity contribution in [3.8, 4) is 11.5 Å². The van der Waals surface area contributed by atoms with E-state index in [9.17, 15) is 4.79 Å². The Hall–Kier alpha value is -1.29. The van der Waals surface area contributed by atoms with Crippen LogP contribution in [0.5, 0.6) is 11.5 Å². The molecular weight excluding hydrogens is 268 g/mol. The molecule has 0 saturated carbocycles. The molecule has 0 unspecified atom stereocenters. The van der Waals surface area contributed by atoms with E-state index in [4.69, 9.17) is 9.16 Å². The SMILES string of the molecule is CC(C)C(=O)Oc1cccc(O[Si](C)(C)C(C)(C)C)c1. The molecule has 3 nitrogen and oxygen atoms in total. The lowest BCUT2D eigenvalue weighted by Crippen LogP contribution is -2.43. The molecule has 0 aliphatic heterocycles. The highest BCUT2D eigenvalue weighted by Crippen LogP contribution is 2.37. The Morgan fingerprint density at radius 2 is 1.70 bits per heavy atom. The van der Waals surface area contributed by atoms with Crippen LogP contribution < -0.4 is 9.16 Å². The molecule has 0 heterocycles. The molecule has 0 aromatic heterocycles. The second-order valence-electron chi connectivity index (χ2n) is 6.91. The van der Waals surface area contributed by atoms with Crippen LogP contribution in [0.3, 0.4) is 0 Å². The number of esters is 1. The maximum atomic E-state index is 11.6. The quantitative estimate of drug-likeness (QED) is 0.461. The molecule has 4 heteroatoms. The normalized spacial score (nSPS) is 12.4. The molecule has 20 heavy (non-hydrogen) atoms. The van der Waals surface area contributed by atoms with E-state index in [1.165, 1.54) is 0 Å². The van der Waals surface area contributed by atoms with E-state index in [1.54, 1.807) is 12.1 Å². The molecule has 0 amide bonds. The van der Waals surface area contributed by atoms with Gasteiger partial charge < -0.3 is 9.16 Å². The maximum Gasteiger partial charge on any atom is 0.313 e. The summed E-state index contributed by atoms with van der Waals surface area (Å²) in [6.45, 7) is 14.6. The Bertz CT molecular complexity index is 473. The molecule has 112 valence electrons. The first-order chi connectivity index (χ1) is 9.03. The van der Waals surface area contributed by atoms with E-state index in [2.05, 4.69) is 33.9 Å². The number of hydrogen-bond donors (Lipinski definition) is 0. The first kappa shape index (κ1) is 16.8. The Balaban J connectivity index is 2.87. The van der Waals surface area contributed by atoms with Gasteiger partial charge in [-0.2, -0.15) is 0 Å². The van der Waals surface area contributed by atoms with Crippen molar-refractivity contribution in [1.29, 1.82) is 0 Å². The summed E-state index contributed by atoms with van der Waals surface area (Å²) in [6.07, 6.45) is 0. The van der Waals surface area contributed by atoms with Crippen molar-refractivity contribution in [2.24, 2.45) is 5.92 Å². The number of benzene rings is 1. The molecule has 0 spiro atoms. The van der Waals surface area contributed by atoms with Crippen molar-refractivity contribution < 1.29 is 14.0 Å². The zero-order valence-electron chi connectivity index (χ0n) is 13.6. The second-order valence-corrected chi connectivity index (χ2v) is 11.6. The van der Waals surface area contributed by atoms with E-state index in [0.717, 1.165) is 5.75 Å². The van der Waals surface area contributed by atoms with Gasteiger partial charge in [-0.3, -0.25) is 4.79 Å². The number of ether oxygens (including phenoxy) is 1. The third-order valence-electron chi connectivity index (χ3n) is 3.67. The molecule has 0 radical (unpaired) electrons. The summed E-state index contributed by atoms with van der Waals surface area (Å²) >= 11 is 0. The maximum absolute atomic E-state index is 11.6. The molecule has 1 aromatic rings. The average molecular weight is 294 g/mol. The summed E-state index contributed by atoms with van der Waals surface area (Å²) in [6, 6.07) is 7.33. The average Bonchev–Trinajstić information content (AvgIpc) is 2.26. The van der Waals surface area contributed by atoms with E-state index in [-0.39, 0.29) is 16.9 Å². The fraction of sp³-hybridized carbons (Fsp3) is 0.562. The van der Waals surface area contributed by atoms with Gasteiger partial charge in [-0.15, -0.1) is 0 Å². The van der Waals surface area contributed by atoms with Crippen LogP contribution in [-0.4, -0.2) is 14.3 Å². The highest BCUT2D eigenvalue weighted by Gasteiger charge is 2.39. The predicted octanol–water partition coefficient (Wildman–Crippen LogP) is 4.63. The highest BCUT2D eigenvalue weighted by atomic mass is 28.4. The first-order valence-corrected chi connectivity index (χ1v) is 9.94. The van der Waals surface area contributed by atoms with Crippen LogP contribution in [0.2, 0.25) is 18.1 Å². The molecule has 0 bridgehead atoms. The summed E-state index contributed by atoms with van der Waals surface area (Å²) in [5.74, 6) is 0.944. The van der Waals surface area contributed by atoms with Gasteiger partial charge in [0.15, 0.2) is 0 Å². The van der Waals surface area contributed by atoms with Gasteiger partial charge in [-0.1, -0.05) is 40.7 Å². The third-order valence-corrected chi connectivity index (χ3v) is 8.03. The Kier molecular flexibility index (Phi) is 5.03. The Morgan fingerprint density at radius 3 is 2.20 bits per heavy atom. The third kappa shape index (κ3) is 4.37. The predicted molar refractivity (Wildman–Crippen MR) is 84.7 cm³/mol. The van der Waals surface area contributed by atoms with Gasteiger partial charge >= 0.3 is 5.97 Å². The van der Waals surface area contributed by atoms with Crippen LogP contribution in [-0.2, 0) is 4.79 Å². The zero-order valence-corrected chi connectivity index (χ0v) is 14.6. The summed E-state index contributed by atoms with van der Waals surface area (Å²) in [5, 5.41) is 0.137. The molecular formula is C16H26O3Si. The first-order valence-electron chi connectivity index (χ1n) is 7.04. The van der Waals surface area contributed by atoms with Crippen molar-refractivity contribution in [3.63, 3.8) is 0 Å². The van der Waals surface area contributed by atoms with Crippen LogP contribution >= 0.6 is 0 Å². The van der Waals surface area contributed by atoms with Crippen LogP contribution in [0, 0.1) is 5.92 Å². The van der Waals surface area contributed by atoms with Crippen LogP contribution in [0.25, 0.3) is 0 Å². The van der Waals surface area contributed by atoms with Crippen molar-refractivity contribution in [2.45, 2.75) is 52.8 Å². The molecule has 1 aromatic carbocycles. The number of carbonyl (C=O) groups excluding carboxylic acids is 1. The number of carbonyl (C=O) groups is 1. The van der Waals surface area contributed by atoms with Gasteiger partial charge in [0, 0.05) is 6.07 Å². The minimum atomic E-state index is -1.87. The number of rotatable bonds is 4. The van der Waals surface area contributed by atoms with Gasteiger partial charge in [0.2, 0.25) is 8.32 Å². The van der Waals surface area contributed by atoms with Crippen molar-refractivity contribution in [2.75, 3.05) is 0 Å². The van der Waals surface area contributed by atoms with Crippen LogP contribution in [0.4, 0.5) is 0 Å². The summed E-state index contributed by atoms with van der Waals surface area (Å²) in [7, 11) is -1.87. The van der Waals surface area contributed by atoms with Crippen LogP contribution in [0.15, 0.2) is 24.3 Å². The lowest BCUT2D eigenvalue weighted by Gasteiger charge is -2.36. The summed E-state index contributed by atoms with van der Waals surface area (Å²) < 4.78 is 11.5. The van der Waals surface area contributed by atoms with E-state index in [0.29, 0.717) is 5.75 Å². The minimum Gasteiger partial charge on any atom is -0.543 e. The Morgan fingerprint density at radius 1 is 1.15 bits per heavy atom. The molecule has 0 atom stereocenters. The fourth-order valence-electron chi connectivity index (χ4n) is 1.28. The molecule has 0 fully saturated rings. The fourth-order valence-corrected chi connectivity index (χ4v) is 2.31. The van der Waals surface area contributed by atoms with E-state index < -0.39 is 8.32 Å². The Labute approximate surface area is 123 Å². The second kappa shape index (κ2) is 6.00. The molecule has 0 saturated heterocycles. The lowest BCUT2D eigenvalue weighted by atomic mass is 10.2. The smallest absolute Gasteiger partial charge is 0.313 e. The van der Waals surface area contributed by atoms with Gasteiger partial charge in [0.1, 0.15) is 11.5 Å². The van der Waals surface area contributed by atoms with Crippen molar-refractivity contribution in [3.05, 3.63) is 24.3 Å². The minimum absolute atomic E-state index is 0.137. The van der Waals surface area contributed by atoms with E-state index in [1.807, 2.05) is 26.0 Å². The van der Waals surface area contributed by atoms with Gasteiger partial charge in [-0.25, -0.2) is 0 Å². The molecule has 0 aliphatic rings. The largest absolute Gasteiger partial charge is 0.543 e. The summed E-state index contributed by atoms with van der Waals surface area (Å²) in [5.41, 5.74) is 0. The monoisotopic (exact) mass is 294 g/mol. The summed E-state index contributed by atoms with van der Waals surface area (Å²) in [4.78, 5) is 11.6. The van der Waals surface area contributed by atoms with Gasteiger partial charge in [0.25, 0.3) is 0 Å². The molecule has 0 aliphatic carbocycles. The van der Waals surface area contributed by atoms with Gasteiger partial charge in [-0.05, 0) is 30.3 Å². The molecule has 0 N–H and O–H groups in total. The molecule has 1 rings (SSSR count). The number of hydrogen-bond acceptors (Lipinski definition) is 3. The topological polar surface area (TPSA) is 35.5 Å².